The quantitative estimate of drug-likeness (QED) is 0.343. The van der Waals surface area contributed by atoms with Crippen molar-refractivity contribution in [3.8, 4) is 0 Å². The van der Waals surface area contributed by atoms with Crippen LogP contribution < -0.4 is 0 Å². The van der Waals surface area contributed by atoms with E-state index >= 15 is 0 Å². The molecule has 0 radical (unpaired) electrons. The van der Waals surface area contributed by atoms with Crippen molar-refractivity contribution in [1.82, 2.24) is 4.90 Å². The number of hydrogen-bond acceptors (Lipinski definition) is 3. The number of benzene rings is 1. The highest BCUT2D eigenvalue weighted by atomic mass is 16.2. The van der Waals surface area contributed by atoms with E-state index in [1.807, 2.05) is 0 Å². The molecule has 0 saturated carbocycles. The second-order valence-corrected chi connectivity index (χ2v) is 4.01. The van der Waals surface area contributed by atoms with Crippen molar-refractivity contribution in [2.45, 2.75) is 12.8 Å². The highest BCUT2D eigenvalue weighted by molar-refractivity contribution is 6.21. The van der Waals surface area contributed by atoms with Crippen LogP contribution in [0.5, 0.6) is 0 Å². The fourth-order valence-electron chi connectivity index (χ4n) is 1.96. The van der Waals surface area contributed by atoms with E-state index in [2.05, 4.69) is 0 Å². The normalized spacial score (nSPS) is 14.3. The van der Waals surface area contributed by atoms with Gasteiger partial charge in [-0.25, -0.2) is 0 Å². The SMILES string of the molecule is O=C/C=C\CCCN1C(=O)c2ccccc2C1=O. The first-order valence-electron chi connectivity index (χ1n) is 5.81. The molecule has 4 heteroatoms. The topological polar surface area (TPSA) is 54.5 Å². The van der Waals surface area contributed by atoms with Crippen molar-refractivity contribution >= 4 is 18.1 Å². The molecule has 4 nitrogen and oxygen atoms in total. The fraction of sp³-hybridized carbons (Fsp3) is 0.214. The maximum Gasteiger partial charge on any atom is 0.261 e. The number of imide groups is 1. The molecule has 1 aromatic rings. The molecular weight excluding hydrogens is 230 g/mol. The first-order chi connectivity index (χ1) is 8.75. The summed E-state index contributed by atoms with van der Waals surface area (Å²) in [6, 6.07) is 6.84. The van der Waals surface area contributed by atoms with E-state index in [0.29, 0.717) is 36.8 Å². The average Bonchev–Trinajstić information content (AvgIpc) is 2.64. The van der Waals surface area contributed by atoms with E-state index in [1.54, 1.807) is 30.3 Å². The van der Waals surface area contributed by atoms with Crippen LogP contribution in [-0.2, 0) is 4.79 Å². The Kier molecular flexibility index (Phi) is 3.67. The maximum atomic E-state index is 12.0. The summed E-state index contributed by atoms with van der Waals surface area (Å²) in [7, 11) is 0. The second kappa shape index (κ2) is 5.40. The van der Waals surface area contributed by atoms with Crippen molar-refractivity contribution in [3.05, 3.63) is 47.5 Å². The van der Waals surface area contributed by atoms with E-state index in [1.165, 1.54) is 11.0 Å². The lowest BCUT2D eigenvalue weighted by Gasteiger charge is -2.12. The number of carbonyl (C=O) groups excluding carboxylic acids is 3. The van der Waals surface area contributed by atoms with Crippen molar-refractivity contribution in [3.63, 3.8) is 0 Å². The van der Waals surface area contributed by atoms with E-state index in [4.69, 9.17) is 0 Å². The van der Waals surface area contributed by atoms with E-state index < -0.39 is 0 Å². The molecule has 0 N–H and O–H groups in total. The summed E-state index contributed by atoms with van der Waals surface area (Å²) < 4.78 is 0. The standard InChI is InChI=1S/C14H13NO3/c16-10-6-2-1-5-9-15-13(17)11-7-3-4-8-12(11)14(15)18/h2-4,6-8,10H,1,5,9H2/b6-2-. The third-order valence-corrected chi connectivity index (χ3v) is 2.85. The molecule has 0 bridgehead atoms. The third-order valence-electron chi connectivity index (χ3n) is 2.85. The predicted molar refractivity (Wildman–Crippen MR) is 66.2 cm³/mol. The van der Waals surface area contributed by atoms with Gasteiger partial charge in [-0.1, -0.05) is 18.2 Å². The average molecular weight is 243 g/mol. The zero-order chi connectivity index (χ0) is 13.0. The number of rotatable bonds is 5. The lowest BCUT2D eigenvalue weighted by atomic mass is 10.1. The lowest BCUT2D eigenvalue weighted by Crippen LogP contribution is -2.30. The molecule has 18 heavy (non-hydrogen) atoms. The molecule has 1 heterocycles. The minimum atomic E-state index is -0.227. The Labute approximate surface area is 105 Å². The van der Waals surface area contributed by atoms with Crippen molar-refractivity contribution in [2.24, 2.45) is 0 Å². The second-order valence-electron chi connectivity index (χ2n) is 4.01. The molecular formula is C14H13NO3. The van der Waals surface area contributed by atoms with Gasteiger partial charge in [0.1, 0.15) is 6.29 Å². The molecule has 92 valence electrons. The van der Waals surface area contributed by atoms with Crippen LogP contribution in [0.3, 0.4) is 0 Å². The van der Waals surface area contributed by atoms with E-state index in [0.717, 1.165) is 0 Å². The van der Waals surface area contributed by atoms with Crippen LogP contribution in [0.2, 0.25) is 0 Å². The van der Waals surface area contributed by atoms with Gasteiger partial charge in [0, 0.05) is 6.54 Å². The van der Waals surface area contributed by atoms with Gasteiger partial charge in [0.15, 0.2) is 0 Å². The summed E-state index contributed by atoms with van der Waals surface area (Å²) in [4.78, 5) is 35.3. The van der Waals surface area contributed by atoms with Crippen LogP contribution in [0.25, 0.3) is 0 Å². The number of allylic oxidation sites excluding steroid dienone is 2. The highest BCUT2D eigenvalue weighted by Crippen LogP contribution is 2.22. The predicted octanol–water partition coefficient (Wildman–Crippen LogP) is 1.82. The molecule has 2 amide bonds. The number of fused-ring (bicyclic) bond motifs is 1. The summed E-state index contributed by atoms with van der Waals surface area (Å²) in [5.41, 5.74) is 0.955. The summed E-state index contributed by atoms with van der Waals surface area (Å²) in [6.07, 6.45) is 5.19. The van der Waals surface area contributed by atoms with Crippen LogP contribution in [0.4, 0.5) is 0 Å². The Hall–Kier alpha value is -2.23. The molecule has 2 rings (SSSR count). The minimum absolute atomic E-state index is 0.227. The summed E-state index contributed by atoms with van der Waals surface area (Å²) in [6.45, 7) is 0.384. The Morgan fingerprint density at radius 1 is 1.06 bits per heavy atom. The number of hydrogen-bond donors (Lipinski definition) is 0. The number of nitrogens with zero attached hydrogens (tertiary/aromatic N) is 1. The Balaban J connectivity index is 2.00. The number of aldehydes is 1. The first-order valence-corrected chi connectivity index (χ1v) is 5.81. The Morgan fingerprint density at radius 3 is 2.22 bits per heavy atom. The fourth-order valence-corrected chi connectivity index (χ4v) is 1.96. The van der Waals surface area contributed by atoms with Crippen LogP contribution in [-0.4, -0.2) is 29.5 Å². The van der Waals surface area contributed by atoms with Gasteiger partial charge in [0.05, 0.1) is 11.1 Å². The van der Waals surface area contributed by atoms with Gasteiger partial charge in [-0.05, 0) is 31.1 Å². The van der Waals surface area contributed by atoms with Crippen molar-refractivity contribution < 1.29 is 14.4 Å². The zero-order valence-corrected chi connectivity index (χ0v) is 9.83. The highest BCUT2D eigenvalue weighted by Gasteiger charge is 2.34. The molecule has 0 saturated heterocycles. The molecule has 1 aromatic carbocycles. The number of amides is 2. The van der Waals surface area contributed by atoms with E-state index in [9.17, 15) is 14.4 Å². The molecule has 0 atom stereocenters. The van der Waals surface area contributed by atoms with Crippen molar-refractivity contribution in [2.75, 3.05) is 6.54 Å². The molecule has 0 aromatic heterocycles. The number of carbonyl (C=O) groups is 3. The molecule has 0 unspecified atom stereocenters. The van der Waals surface area contributed by atoms with Gasteiger partial charge >= 0.3 is 0 Å². The largest absolute Gasteiger partial charge is 0.299 e. The summed E-state index contributed by atoms with van der Waals surface area (Å²) in [5.74, 6) is -0.454. The van der Waals surface area contributed by atoms with Crippen LogP contribution in [0, 0.1) is 0 Å². The lowest BCUT2D eigenvalue weighted by molar-refractivity contribution is -0.104. The van der Waals surface area contributed by atoms with Crippen LogP contribution >= 0.6 is 0 Å². The van der Waals surface area contributed by atoms with Gasteiger partial charge in [-0.15, -0.1) is 0 Å². The van der Waals surface area contributed by atoms with Crippen molar-refractivity contribution in [1.29, 1.82) is 0 Å². The van der Waals surface area contributed by atoms with Gasteiger partial charge in [-0.3, -0.25) is 19.3 Å². The Morgan fingerprint density at radius 2 is 1.67 bits per heavy atom. The molecule has 0 fully saturated rings. The van der Waals surface area contributed by atoms with Gasteiger partial charge < -0.3 is 0 Å². The zero-order valence-electron chi connectivity index (χ0n) is 9.83. The molecule has 0 aliphatic carbocycles. The summed E-state index contributed by atoms with van der Waals surface area (Å²) >= 11 is 0. The third kappa shape index (κ3) is 2.22. The van der Waals surface area contributed by atoms with Gasteiger partial charge in [0.25, 0.3) is 11.8 Å². The monoisotopic (exact) mass is 243 g/mol. The minimum Gasteiger partial charge on any atom is -0.299 e. The maximum absolute atomic E-state index is 12.0. The summed E-state index contributed by atoms with van der Waals surface area (Å²) in [5, 5.41) is 0. The number of unbranched alkanes of at least 4 members (excludes halogenated alkanes) is 1. The smallest absolute Gasteiger partial charge is 0.261 e. The van der Waals surface area contributed by atoms with Gasteiger partial charge in [-0.2, -0.15) is 0 Å². The van der Waals surface area contributed by atoms with E-state index in [-0.39, 0.29) is 11.8 Å². The van der Waals surface area contributed by atoms with Crippen LogP contribution in [0.1, 0.15) is 33.6 Å². The molecule has 0 spiro atoms. The van der Waals surface area contributed by atoms with Gasteiger partial charge in [0.2, 0.25) is 0 Å². The molecule has 1 aliphatic heterocycles. The molecule has 1 aliphatic rings. The Bertz CT molecular complexity index is 485. The first kappa shape index (κ1) is 12.2. The van der Waals surface area contributed by atoms with Crippen LogP contribution in [0.15, 0.2) is 36.4 Å².